The topological polar surface area (TPSA) is 664 Å². The lowest BCUT2D eigenvalue weighted by atomic mass is 10.0. The molecule has 0 aliphatic carbocycles. The van der Waals surface area contributed by atoms with E-state index in [9.17, 15) is 122 Å². The minimum absolute atomic E-state index is 0.113. The van der Waals surface area contributed by atoms with Crippen LogP contribution in [0.2, 0.25) is 0 Å². The summed E-state index contributed by atoms with van der Waals surface area (Å²) in [7, 11) is 0. The van der Waals surface area contributed by atoms with Crippen LogP contribution in [0.25, 0.3) is 10.9 Å². The third-order valence-corrected chi connectivity index (χ3v) is 17.6. The maximum Gasteiger partial charge on any atom is 0.326 e. The fourth-order valence-electron chi connectivity index (χ4n) is 11.0. The zero-order chi connectivity index (χ0) is 83.8. The number of para-hydroxylation sites is 1. The van der Waals surface area contributed by atoms with Crippen LogP contribution in [-0.4, -0.2) is 251 Å². The summed E-state index contributed by atoms with van der Waals surface area (Å²) in [6.45, 7) is -0.347. The summed E-state index contributed by atoms with van der Waals surface area (Å²) in [6.07, 6.45) is -2.99. The highest BCUT2D eigenvalue weighted by Gasteiger charge is 2.39. The molecule has 113 heavy (non-hydrogen) atoms. The number of phenolic OH excluding ortho intramolecular Hbond substituents is 2. The maximum absolute atomic E-state index is 14.6. The molecule has 5 rings (SSSR count). The molecule has 0 aliphatic rings. The number of aromatic nitrogens is 1. The third-order valence-electron chi connectivity index (χ3n) is 17.0. The van der Waals surface area contributed by atoms with E-state index in [2.05, 4.69) is 58.2 Å². The number of aromatic hydroxyl groups is 2. The first-order valence-electron chi connectivity index (χ1n) is 34.9. The molecule has 0 bridgehead atoms. The predicted octanol–water partition coefficient (Wildman–Crippen LogP) is -5.60. The van der Waals surface area contributed by atoms with Crippen molar-refractivity contribution >= 4 is 123 Å². The number of primary amides is 1. The molecule has 0 fully saturated rings. The third kappa shape index (κ3) is 30.2. The molecule has 0 radical (unpaired) electrons. The Hall–Kier alpha value is -12.8. The van der Waals surface area contributed by atoms with Crippen molar-refractivity contribution in [1.29, 1.82) is 0 Å². The van der Waals surface area contributed by atoms with E-state index in [0.29, 0.717) is 27.6 Å². The molecule has 0 saturated heterocycles. The molecule has 12 atom stereocenters. The van der Waals surface area contributed by atoms with Crippen molar-refractivity contribution in [3.05, 3.63) is 132 Å². The lowest BCUT2D eigenvalue weighted by Gasteiger charge is -2.27. The van der Waals surface area contributed by atoms with Crippen LogP contribution >= 0.6 is 11.8 Å². The zero-order valence-electron chi connectivity index (χ0n) is 61.2. The number of phenols is 2. The number of aromatic amines is 1. The molecule has 1 aromatic heterocycles. The van der Waals surface area contributed by atoms with Crippen molar-refractivity contribution in [2.75, 3.05) is 31.8 Å². The van der Waals surface area contributed by atoms with Gasteiger partial charge >= 0.3 is 23.9 Å². The van der Waals surface area contributed by atoms with E-state index >= 15 is 0 Å². The van der Waals surface area contributed by atoms with Gasteiger partial charge in [0, 0.05) is 42.8 Å². The van der Waals surface area contributed by atoms with Crippen LogP contribution in [0.1, 0.15) is 68.2 Å². The Bertz CT molecular complexity index is 4230. The average Bonchev–Trinajstić information content (AvgIpc) is 1.03. The summed E-state index contributed by atoms with van der Waals surface area (Å²) >= 11 is 1.19. The van der Waals surface area contributed by atoms with E-state index in [1.165, 1.54) is 98.4 Å². The fourth-order valence-corrected chi connectivity index (χ4v) is 11.5. The standard InChI is InChI=1S/C72H91N15O25S/c1-35(2)60(87-61(100)43(73)33-88)71(110)84-52(30-59(98)99)69(108)79-46(23-36-9-5-4-6-10-36)65(104)83-50(28-57(94)95)62(101)76-32-56(93)77-51(29-58(96)97)68(107)86-54(34-89)70(109)80-47(24-37-13-17-40(90)18-14-37)64(103)78-45(21-22-113-3)63(102)82-49(27-55(74)92)67(106)81-48(26-39-31-75-44-12-8-7-11-42(39)44)66(105)85-53(72(111)112)25-38-15-19-41(91)20-16-38/h4-20,31,35,43,45-54,60,75,88-91H,21-30,32-34,73H2,1-3H3,(H2,74,92)(H,76,101)(H,77,93)(H,78,103)(H,79,108)(H,80,109)(H,81,106)(H,82,102)(H,83,104)(H,84,110)(H,85,105)(H,86,107)(H,87,100)(H,94,95)(H,96,97)(H,98,99)(H,111,112)/t43-,45-,46-,47-,48-,49-,50-,51-,52-,53-,54-,60-/m0/s1. The highest BCUT2D eigenvalue weighted by atomic mass is 32.2. The number of nitrogens with one attached hydrogen (secondary N) is 13. The number of carboxylic acid groups (broad SMARTS) is 4. The van der Waals surface area contributed by atoms with Crippen LogP contribution in [0.4, 0.5) is 0 Å². The Morgan fingerprint density at radius 2 is 0.805 bits per heavy atom. The molecule has 0 unspecified atom stereocenters. The fraction of sp³-hybridized carbons (Fsp3) is 0.403. The largest absolute Gasteiger partial charge is 0.508 e. The zero-order valence-corrected chi connectivity index (χ0v) is 62.0. The Morgan fingerprint density at radius 1 is 0.416 bits per heavy atom. The molecule has 25 N–H and O–H groups in total. The van der Waals surface area contributed by atoms with E-state index in [1.807, 2.05) is 10.6 Å². The number of hydrogen-bond acceptors (Lipinski definition) is 23. The van der Waals surface area contributed by atoms with Crippen molar-refractivity contribution in [2.45, 2.75) is 144 Å². The summed E-state index contributed by atoms with van der Waals surface area (Å²) in [5.41, 5.74) is 13.2. The van der Waals surface area contributed by atoms with Gasteiger partial charge in [0.25, 0.3) is 0 Å². The molecule has 0 spiro atoms. The van der Waals surface area contributed by atoms with Crippen LogP contribution in [0.5, 0.6) is 11.5 Å². The number of carbonyl (C=O) groups is 17. The lowest BCUT2D eigenvalue weighted by Crippen LogP contribution is -2.61. The highest BCUT2D eigenvalue weighted by Crippen LogP contribution is 2.21. The van der Waals surface area contributed by atoms with Crippen LogP contribution in [-0.2, 0) is 107 Å². The molecular formula is C72H91N15O25S. The second kappa shape index (κ2) is 44.8. The normalized spacial score (nSPS) is 14.2. The molecule has 5 aromatic rings. The van der Waals surface area contributed by atoms with Crippen molar-refractivity contribution in [3.8, 4) is 11.5 Å². The van der Waals surface area contributed by atoms with Gasteiger partial charge in [0.05, 0.1) is 45.4 Å². The first kappa shape index (κ1) is 90.9. The average molecular weight is 1600 g/mol. The van der Waals surface area contributed by atoms with Crippen molar-refractivity contribution in [1.82, 2.24) is 68.8 Å². The SMILES string of the molecule is CSCC[C@H](NC(=O)[C@H](Cc1ccc(O)cc1)NC(=O)[C@H](CO)NC(=O)[C@H](CC(=O)O)NC(=O)CNC(=O)[C@H](CC(=O)O)NC(=O)[C@H](Cc1ccccc1)NC(=O)[C@H](CC(=O)O)NC(=O)[C@@H](NC(=O)[C@@H](N)CO)C(C)C)C(=O)N[C@@H](CC(N)=O)C(=O)N[C@@H](Cc1c[nH]c2ccccc12)C(=O)N[C@@H](Cc1ccc(O)cc1)C(=O)O. The van der Waals surface area contributed by atoms with Gasteiger partial charge in [0.2, 0.25) is 76.8 Å². The summed E-state index contributed by atoms with van der Waals surface area (Å²) in [4.78, 5) is 231. The van der Waals surface area contributed by atoms with Gasteiger partial charge in [-0.2, -0.15) is 11.8 Å². The maximum atomic E-state index is 14.6. The number of rotatable bonds is 47. The second-order valence-electron chi connectivity index (χ2n) is 26.2. The molecular weight excluding hydrogens is 1510 g/mol. The van der Waals surface area contributed by atoms with E-state index in [-0.39, 0.29) is 42.1 Å². The van der Waals surface area contributed by atoms with Gasteiger partial charge in [-0.25, -0.2) is 4.79 Å². The summed E-state index contributed by atoms with van der Waals surface area (Å²) in [5, 5.41) is 107. The van der Waals surface area contributed by atoms with Gasteiger partial charge in [-0.15, -0.1) is 0 Å². The molecule has 41 heteroatoms. The number of hydrogen-bond donors (Lipinski definition) is 23. The number of aliphatic carboxylic acids is 4. The Labute approximate surface area is 648 Å². The number of amides is 13. The molecule has 40 nitrogen and oxygen atoms in total. The van der Waals surface area contributed by atoms with Crippen molar-refractivity contribution < 1.29 is 122 Å². The van der Waals surface area contributed by atoms with Crippen molar-refractivity contribution in [3.63, 3.8) is 0 Å². The number of carboxylic acids is 4. The first-order valence-corrected chi connectivity index (χ1v) is 36.3. The van der Waals surface area contributed by atoms with Gasteiger partial charge in [-0.05, 0) is 76.9 Å². The molecule has 13 amide bonds. The van der Waals surface area contributed by atoms with Crippen LogP contribution in [0.3, 0.4) is 0 Å². The van der Waals surface area contributed by atoms with Crippen LogP contribution < -0.4 is 75.3 Å². The van der Waals surface area contributed by atoms with Gasteiger partial charge in [-0.3, -0.25) is 76.7 Å². The number of carbonyl (C=O) groups excluding carboxylic acids is 13. The minimum atomic E-state index is -2.16. The Kier molecular flexibility index (Phi) is 36.0. The van der Waals surface area contributed by atoms with Crippen LogP contribution in [0, 0.1) is 5.92 Å². The summed E-state index contributed by atoms with van der Waals surface area (Å²) in [5.74, 6) is -23.4. The number of fused-ring (bicyclic) bond motifs is 1. The monoisotopic (exact) mass is 1600 g/mol. The smallest absolute Gasteiger partial charge is 0.326 e. The van der Waals surface area contributed by atoms with Gasteiger partial charge in [0.1, 0.15) is 84.0 Å². The summed E-state index contributed by atoms with van der Waals surface area (Å²) < 4.78 is 0. The minimum Gasteiger partial charge on any atom is -0.508 e. The molecule has 610 valence electrons. The molecule has 4 aromatic carbocycles. The number of aliphatic hydroxyl groups excluding tert-OH is 2. The van der Waals surface area contributed by atoms with E-state index < -0.39 is 237 Å². The Morgan fingerprint density at radius 3 is 1.27 bits per heavy atom. The second-order valence-corrected chi connectivity index (χ2v) is 27.2. The number of H-pyrrole nitrogens is 1. The van der Waals surface area contributed by atoms with E-state index in [1.54, 1.807) is 42.8 Å². The predicted molar refractivity (Wildman–Crippen MR) is 398 cm³/mol. The quantitative estimate of drug-likeness (QED) is 0.0173. The first-order chi connectivity index (χ1) is 53.5. The van der Waals surface area contributed by atoms with Gasteiger partial charge in [-0.1, -0.05) is 86.6 Å². The van der Waals surface area contributed by atoms with Gasteiger partial charge in [0.15, 0.2) is 0 Å². The van der Waals surface area contributed by atoms with Gasteiger partial charge < -0.3 is 121 Å². The van der Waals surface area contributed by atoms with Crippen molar-refractivity contribution in [2.24, 2.45) is 17.4 Å². The number of benzene rings is 4. The summed E-state index contributed by atoms with van der Waals surface area (Å²) in [6, 6.07) is 3.52. The molecule has 0 aliphatic heterocycles. The molecule has 1 heterocycles. The highest BCUT2D eigenvalue weighted by molar-refractivity contribution is 7.98. The lowest BCUT2D eigenvalue weighted by molar-refractivity contribution is -0.142. The molecule has 0 saturated carbocycles. The number of nitrogens with two attached hydrogens (primary N) is 2. The Balaban J connectivity index is 1.32. The number of thioether (sulfide) groups is 1. The van der Waals surface area contributed by atoms with E-state index in [4.69, 9.17) is 11.5 Å². The van der Waals surface area contributed by atoms with E-state index in [0.717, 1.165) is 0 Å². The number of aliphatic hydroxyl groups is 2. The van der Waals surface area contributed by atoms with Crippen LogP contribution in [0.15, 0.2) is 109 Å².